The normalized spacial score (nSPS) is 11.7. The van der Waals surface area contributed by atoms with Gasteiger partial charge in [-0.1, -0.05) is 26.7 Å². The minimum atomic E-state index is -0.467. The number of hydrogen-bond donors (Lipinski definition) is 2. The van der Waals surface area contributed by atoms with E-state index in [1.54, 1.807) is 19.0 Å². The molecule has 0 saturated carbocycles. The highest BCUT2D eigenvalue weighted by Crippen LogP contribution is 2.08. The molecule has 0 aromatic carbocycles. The molecule has 0 bridgehead atoms. The molecule has 0 unspecified atom stereocenters. The number of nitrogens with one attached hydrogen (secondary N) is 2. The molecule has 138 valence electrons. The fraction of sp³-hybridized carbons (Fsp3) is 0.875. The summed E-state index contributed by atoms with van der Waals surface area (Å²) in [5.74, 6) is 1.42. The van der Waals surface area contributed by atoms with Crippen molar-refractivity contribution >= 4 is 36.0 Å². The van der Waals surface area contributed by atoms with Crippen molar-refractivity contribution in [2.45, 2.75) is 53.1 Å². The first-order valence-electron chi connectivity index (χ1n) is 8.12. The minimum absolute atomic E-state index is 0. The monoisotopic (exact) mass is 442 g/mol. The molecule has 0 aliphatic rings. The Hall–Kier alpha value is -0.730. The van der Waals surface area contributed by atoms with Gasteiger partial charge in [0.15, 0.2) is 5.96 Å². The molecule has 0 aromatic rings. The molecule has 23 heavy (non-hydrogen) atoms. The smallest absolute Gasteiger partial charge is 0.410 e. The number of amides is 1. The van der Waals surface area contributed by atoms with Crippen LogP contribution in [0, 0.1) is 5.92 Å². The van der Waals surface area contributed by atoms with E-state index in [-0.39, 0.29) is 30.1 Å². The third kappa shape index (κ3) is 12.4. The van der Waals surface area contributed by atoms with Crippen molar-refractivity contribution in [3.8, 4) is 0 Å². The fourth-order valence-corrected chi connectivity index (χ4v) is 1.81. The summed E-state index contributed by atoms with van der Waals surface area (Å²) in [5.41, 5.74) is -0.467. The third-order valence-corrected chi connectivity index (χ3v) is 3.38. The van der Waals surface area contributed by atoms with E-state index in [2.05, 4.69) is 29.5 Å². The van der Waals surface area contributed by atoms with E-state index in [0.29, 0.717) is 19.0 Å². The van der Waals surface area contributed by atoms with Gasteiger partial charge in [-0.2, -0.15) is 0 Å². The van der Waals surface area contributed by atoms with Gasteiger partial charge in [0.2, 0.25) is 0 Å². The molecule has 0 rings (SSSR count). The maximum absolute atomic E-state index is 11.8. The molecule has 0 aliphatic heterocycles. The van der Waals surface area contributed by atoms with Crippen molar-refractivity contribution in [2.75, 3.05) is 33.7 Å². The zero-order valence-electron chi connectivity index (χ0n) is 15.7. The van der Waals surface area contributed by atoms with Gasteiger partial charge in [0.1, 0.15) is 5.60 Å². The van der Waals surface area contributed by atoms with Crippen molar-refractivity contribution in [2.24, 2.45) is 10.9 Å². The average molecular weight is 442 g/mol. The van der Waals surface area contributed by atoms with Crippen LogP contribution in [0.5, 0.6) is 0 Å². The number of aliphatic imine (C=N–C) groups is 1. The van der Waals surface area contributed by atoms with Crippen LogP contribution >= 0.6 is 24.0 Å². The summed E-state index contributed by atoms with van der Waals surface area (Å²) in [5, 5.41) is 6.53. The Kier molecular flexibility index (Phi) is 13.5. The van der Waals surface area contributed by atoms with Crippen LogP contribution in [0.2, 0.25) is 0 Å². The fourth-order valence-electron chi connectivity index (χ4n) is 1.81. The van der Waals surface area contributed by atoms with Crippen molar-refractivity contribution in [1.29, 1.82) is 0 Å². The molecular weight excluding hydrogens is 407 g/mol. The quantitative estimate of drug-likeness (QED) is 0.361. The van der Waals surface area contributed by atoms with Crippen LogP contribution in [0.15, 0.2) is 4.99 Å². The molecule has 0 aromatic heterocycles. The van der Waals surface area contributed by atoms with Gasteiger partial charge in [-0.05, 0) is 26.7 Å². The first-order chi connectivity index (χ1) is 10.2. The summed E-state index contributed by atoms with van der Waals surface area (Å²) < 4.78 is 5.30. The minimum Gasteiger partial charge on any atom is -0.444 e. The van der Waals surface area contributed by atoms with E-state index >= 15 is 0 Å². The number of guanidine groups is 1. The summed E-state index contributed by atoms with van der Waals surface area (Å²) >= 11 is 0. The van der Waals surface area contributed by atoms with Crippen molar-refractivity contribution in [1.82, 2.24) is 15.5 Å². The van der Waals surface area contributed by atoms with Gasteiger partial charge in [0.25, 0.3) is 0 Å². The molecule has 6 nitrogen and oxygen atoms in total. The second-order valence-electron chi connectivity index (χ2n) is 6.46. The van der Waals surface area contributed by atoms with Crippen LogP contribution in [-0.2, 0) is 4.74 Å². The van der Waals surface area contributed by atoms with Crippen molar-refractivity contribution < 1.29 is 9.53 Å². The van der Waals surface area contributed by atoms with Gasteiger partial charge < -0.3 is 20.3 Å². The largest absolute Gasteiger partial charge is 0.444 e. The Balaban J connectivity index is 0. The zero-order chi connectivity index (χ0) is 17.2. The lowest BCUT2D eigenvalue weighted by molar-refractivity contribution is 0.0302. The molecule has 0 atom stereocenters. The average Bonchev–Trinajstić information content (AvgIpc) is 2.44. The molecule has 0 aliphatic carbocycles. The van der Waals surface area contributed by atoms with Gasteiger partial charge in [-0.15, -0.1) is 24.0 Å². The summed E-state index contributed by atoms with van der Waals surface area (Å²) in [6, 6.07) is 0. The van der Waals surface area contributed by atoms with Gasteiger partial charge in [0.05, 0.1) is 0 Å². The topological polar surface area (TPSA) is 66.0 Å². The number of carbonyl (C=O) groups is 1. The predicted molar refractivity (Wildman–Crippen MR) is 108 cm³/mol. The summed E-state index contributed by atoms with van der Waals surface area (Å²) in [7, 11) is 3.48. The molecule has 7 heteroatoms. The number of hydrogen-bond acceptors (Lipinski definition) is 3. The van der Waals surface area contributed by atoms with Gasteiger partial charge in [0, 0.05) is 33.7 Å². The Morgan fingerprint density at radius 1 is 1.22 bits per heavy atom. The van der Waals surface area contributed by atoms with Gasteiger partial charge in [-0.3, -0.25) is 4.99 Å². The SMILES string of the molecule is CCC(CC)CNC(=NC)NCCN(C)C(=O)OC(C)(C)C.I. The van der Waals surface area contributed by atoms with Crippen molar-refractivity contribution in [3.05, 3.63) is 0 Å². The lowest BCUT2D eigenvalue weighted by atomic mass is 10.0. The number of rotatable bonds is 7. The number of carbonyl (C=O) groups excluding carboxylic acids is 1. The van der Waals surface area contributed by atoms with Gasteiger partial charge >= 0.3 is 6.09 Å². The second kappa shape index (κ2) is 12.7. The number of nitrogens with zero attached hydrogens (tertiary/aromatic N) is 2. The number of halogens is 1. The van der Waals surface area contributed by atoms with Crippen LogP contribution in [0.1, 0.15) is 47.5 Å². The molecular formula is C16H35IN4O2. The lowest BCUT2D eigenvalue weighted by Gasteiger charge is -2.25. The number of ether oxygens (including phenoxy) is 1. The van der Waals surface area contributed by atoms with Gasteiger partial charge in [-0.25, -0.2) is 4.79 Å². The molecule has 0 spiro atoms. The third-order valence-electron chi connectivity index (χ3n) is 3.38. The standard InChI is InChI=1S/C16H34N4O2.HI/c1-8-13(9-2)12-19-14(17-6)18-10-11-20(7)15(21)22-16(3,4)5;/h13H,8-12H2,1-7H3,(H2,17,18,19);1H. The van der Waals surface area contributed by atoms with Crippen LogP contribution < -0.4 is 10.6 Å². The van der Waals surface area contributed by atoms with Crippen LogP contribution in [0.3, 0.4) is 0 Å². The van der Waals surface area contributed by atoms with E-state index in [4.69, 9.17) is 4.74 Å². The molecule has 1 amide bonds. The zero-order valence-corrected chi connectivity index (χ0v) is 18.1. The highest BCUT2D eigenvalue weighted by atomic mass is 127. The van der Waals surface area contributed by atoms with Crippen LogP contribution in [0.25, 0.3) is 0 Å². The summed E-state index contributed by atoms with van der Waals surface area (Å²) in [6.07, 6.45) is 2.00. The molecule has 0 saturated heterocycles. The molecule has 0 radical (unpaired) electrons. The maximum atomic E-state index is 11.8. The summed E-state index contributed by atoms with van der Waals surface area (Å²) in [6.45, 7) is 12.1. The van der Waals surface area contributed by atoms with Crippen molar-refractivity contribution in [3.63, 3.8) is 0 Å². The van der Waals surface area contributed by atoms with E-state index in [1.165, 1.54) is 0 Å². The highest BCUT2D eigenvalue weighted by Gasteiger charge is 2.19. The van der Waals surface area contributed by atoms with E-state index in [9.17, 15) is 4.79 Å². The van der Waals surface area contributed by atoms with Crippen LogP contribution in [0.4, 0.5) is 4.79 Å². The Labute approximate surface area is 158 Å². The van der Waals surface area contributed by atoms with E-state index < -0.39 is 5.60 Å². The Bertz CT molecular complexity index is 352. The first kappa shape index (κ1) is 24.5. The first-order valence-corrected chi connectivity index (χ1v) is 8.12. The van der Waals surface area contributed by atoms with E-state index in [1.807, 2.05) is 20.8 Å². The Morgan fingerprint density at radius 2 is 1.78 bits per heavy atom. The predicted octanol–water partition coefficient (Wildman–Crippen LogP) is 3.07. The van der Waals surface area contributed by atoms with E-state index in [0.717, 1.165) is 25.3 Å². The molecule has 0 heterocycles. The molecule has 0 fully saturated rings. The maximum Gasteiger partial charge on any atom is 0.410 e. The van der Waals surface area contributed by atoms with Crippen LogP contribution in [-0.4, -0.2) is 56.3 Å². The highest BCUT2D eigenvalue weighted by molar-refractivity contribution is 14.0. The second-order valence-corrected chi connectivity index (χ2v) is 6.46. The summed E-state index contributed by atoms with van der Waals surface area (Å²) in [4.78, 5) is 17.6. The number of likely N-dealkylation sites (N-methyl/N-ethyl adjacent to an activating group) is 1. The molecule has 2 N–H and O–H groups in total. The Morgan fingerprint density at radius 3 is 2.22 bits per heavy atom. The lowest BCUT2D eigenvalue weighted by Crippen LogP contribution is -2.44.